The zero-order valence-corrected chi connectivity index (χ0v) is 11.0. The topological polar surface area (TPSA) is 56.5 Å². The fourth-order valence-corrected chi connectivity index (χ4v) is 1.70. The molecule has 0 saturated heterocycles. The summed E-state index contributed by atoms with van der Waals surface area (Å²) in [7, 11) is 2.03. The first kappa shape index (κ1) is 14.7. The van der Waals surface area contributed by atoms with Gasteiger partial charge in [-0.15, -0.1) is 0 Å². The van der Waals surface area contributed by atoms with E-state index >= 15 is 0 Å². The molecule has 1 aromatic rings. The maximum absolute atomic E-state index is 8.80. The Morgan fingerprint density at radius 2 is 2.17 bits per heavy atom. The van der Waals surface area contributed by atoms with Gasteiger partial charge >= 0.3 is 0 Å². The van der Waals surface area contributed by atoms with E-state index in [-0.39, 0.29) is 6.61 Å². The first-order valence-electron chi connectivity index (χ1n) is 6.04. The molecule has 0 saturated carbocycles. The largest absolute Gasteiger partial charge is 0.394 e. The molecule has 0 spiro atoms. The number of hydrogen-bond acceptors (Lipinski definition) is 4. The summed E-state index contributed by atoms with van der Waals surface area (Å²) in [5, 5.41) is 17.4. The average molecular weight is 248 g/mol. The summed E-state index contributed by atoms with van der Waals surface area (Å²) in [4.78, 5) is 2.16. The third-order valence-electron chi connectivity index (χ3n) is 2.76. The van der Waals surface area contributed by atoms with Crippen LogP contribution in [0.4, 0.5) is 0 Å². The molecule has 0 atom stereocenters. The molecule has 0 aliphatic heterocycles. The molecule has 0 unspecified atom stereocenters. The van der Waals surface area contributed by atoms with E-state index in [0.717, 1.165) is 18.7 Å². The Morgan fingerprint density at radius 1 is 1.39 bits per heavy atom. The van der Waals surface area contributed by atoms with Gasteiger partial charge in [0.15, 0.2) is 0 Å². The quantitative estimate of drug-likeness (QED) is 0.739. The fraction of sp³-hybridized carbons (Fsp3) is 0.500. The number of aliphatic hydroxyl groups is 1. The van der Waals surface area contributed by atoms with E-state index in [1.807, 2.05) is 32.2 Å². The van der Waals surface area contributed by atoms with Crippen LogP contribution in [0.1, 0.15) is 16.7 Å². The summed E-state index contributed by atoms with van der Waals surface area (Å²) >= 11 is 0. The second kappa shape index (κ2) is 7.83. The molecule has 0 aromatic heterocycles. The number of ether oxygens (including phenoxy) is 1. The van der Waals surface area contributed by atoms with Crippen molar-refractivity contribution in [3.05, 3.63) is 34.9 Å². The maximum Gasteiger partial charge on any atom is 0.0991 e. The first-order valence-corrected chi connectivity index (χ1v) is 6.04. The minimum Gasteiger partial charge on any atom is -0.394 e. The zero-order valence-electron chi connectivity index (χ0n) is 11.0. The number of benzene rings is 1. The predicted molar refractivity (Wildman–Crippen MR) is 70.1 cm³/mol. The molecule has 0 radical (unpaired) electrons. The van der Waals surface area contributed by atoms with E-state index in [1.54, 1.807) is 0 Å². The van der Waals surface area contributed by atoms with Crippen molar-refractivity contribution in [1.29, 1.82) is 5.26 Å². The van der Waals surface area contributed by atoms with Crippen LogP contribution in [0.5, 0.6) is 0 Å². The van der Waals surface area contributed by atoms with Crippen molar-refractivity contribution in [3.63, 3.8) is 0 Å². The monoisotopic (exact) mass is 248 g/mol. The van der Waals surface area contributed by atoms with Gasteiger partial charge in [0.1, 0.15) is 0 Å². The minimum atomic E-state index is 0.0679. The molecule has 0 bridgehead atoms. The van der Waals surface area contributed by atoms with Crippen LogP contribution in [-0.2, 0) is 11.3 Å². The molecular weight excluding hydrogens is 228 g/mol. The highest BCUT2D eigenvalue weighted by atomic mass is 16.5. The van der Waals surface area contributed by atoms with Crippen molar-refractivity contribution < 1.29 is 9.84 Å². The summed E-state index contributed by atoms with van der Waals surface area (Å²) in [6.45, 7) is 4.75. The smallest absolute Gasteiger partial charge is 0.0991 e. The Kier molecular flexibility index (Phi) is 6.37. The number of hydrogen-bond donors (Lipinski definition) is 1. The molecule has 98 valence electrons. The molecule has 0 aliphatic rings. The van der Waals surface area contributed by atoms with Gasteiger partial charge in [-0.05, 0) is 37.2 Å². The van der Waals surface area contributed by atoms with Crippen LogP contribution in [0.2, 0.25) is 0 Å². The lowest BCUT2D eigenvalue weighted by molar-refractivity contribution is 0.0772. The molecule has 1 aromatic carbocycles. The van der Waals surface area contributed by atoms with E-state index in [1.165, 1.54) is 5.56 Å². The van der Waals surface area contributed by atoms with E-state index in [0.29, 0.717) is 18.8 Å². The molecule has 18 heavy (non-hydrogen) atoms. The van der Waals surface area contributed by atoms with Gasteiger partial charge in [-0.3, -0.25) is 4.90 Å². The van der Waals surface area contributed by atoms with Crippen LogP contribution < -0.4 is 0 Å². The van der Waals surface area contributed by atoms with Crippen molar-refractivity contribution in [3.8, 4) is 6.07 Å². The Labute approximate surface area is 108 Å². The Balaban J connectivity index is 2.44. The maximum atomic E-state index is 8.80. The molecule has 1 rings (SSSR count). The lowest BCUT2D eigenvalue weighted by atomic mass is 10.1. The van der Waals surface area contributed by atoms with Crippen LogP contribution in [-0.4, -0.2) is 43.4 Å². The average Bonchev–Trinajstić information content (AvgIpc) is 2.37. The van der Waals surface area contributed by atoms with E-state index in [9.17, 15) is 0 Å². The van der Waals surface area contributed by atoms with E-state index < -0.39 is 0 Å². The Bertz CT molecular complexity index is 413. The van der Waals surface area contributed by atoms with Crippen molar-refractivity contribution in [1.82, 2.24) is 4.90 Å². The lowest BCUT2D eigenvalue weighted by Crippen LogP contribution is -2.23. The number of likely N-dealkylation sites (N-methyl/N-ethyl adjacent to an activating group) is 1. The normalized spacial score (nSPS) is 10.6. The van der Waals surface area contributed by atoms with Gasteiger partial charge in [-0.25, -0.2) is 0 Å². The number of nitriles is 1. The molecule has 4 nitrogen and oxygen atoms in total. The Hall–Kier alpha value is -1.41. The molecule has 0 fully saturated rings. The first-order chi connectivity index (χ1) is 8.67. The molecule has 0 heterocycles. The summed E-state index contributed by atoms with van der Waals surface area (Å²) in [6.07, 6.45) is 0. The second-order valence-corrected chi connectivity index (χ2v) is 4.33. The van der Waals surface area contributed by atoms with Gasteiger partial charge in [0.05, 0.1) is 31.5 Å². The summed E-state index contributed by atoms with van der Waals surface area (Å²) in [5.41, 5.74) is 3.06. The minimum absolute atomic E-state index is 0.0679. The SMILES string of the molecule is Cc1cc(C#N)ccc1CN(C)CCOCCO. The highest BCUT2D eigenvalue weighted by molar-refractivity contribution is 5.37. The van der Waals surface area contributed by atoms with Gasteiger partial charge in [-0.1, -0.05) is 6.07 Å². The highest BCUT2D eigenvalue weighted by Gasteiger charge is 2.04. The number of aliphatic hydroxyl groups excluding tert-OH is 1. The number of aryl methyl sites for hydroxylation is 1. The van der Waals surface area contributed by atoms with Crippen molar-refractivity contribution in [2.45, 2.75) is 13.5 Å². The van der Waals surface area contributed by atoms with Crippen molar-refractivity contribution in [2.75, 3.05) is 33.4 Å². The van der Waals surface area contributed by atoms with Crippen molar-refractivity contribution >= 4 is 0 Å². The number of nitrogens with zero attached hydrogens (tertiary/aromatic N) is 2. The second-order valence-electron chi connectivity index (χ2n) is 4.33. The van der Waals surface area contributed by atoms with E-state index in [2.05, 4.69) is 11.0 Å². The summed E-state index contributed by atoms with van der Waals surface area (Å²) < 4.78 is 5.22. The molecular formula is C14H20N2O2. The number of rotatable bonds is 7. The standard InChI is InChI=1S/C14H20N2O2/c1-12-9-13(10-15)3-4-14(12)11-16(2)5-7-18-8-6-17/h3-4,9,17H,5-8,11H2,1-2H3. The Morgan fingerprint density at radius 3 is 2.78 bits per heavy atom. The van der Waals surface area contributed by atoms with Gasteiger partial charge in [0.2, 0.25) is 0 Å². The lowest BCUT2D eigenvalue weighted by Gasteiger charge is -2.18. The van der Waals surface area contributed by atoms with Crippen LogP contribution in [0.3, 0.4) is 0 Å². The van der Waals surface area contributed by atoms with Gasteiger partial charge in [-0.2, -0.15) is 5.26 Å². The third kappa shape index (κ3) is 4.84. The highest BCUT2D eigenvalue weighted by Crippen LogP contribution is 2.12. The van der Waals surface area contributed by atoms with Crippen LogP contribution in [0, 0.1) is 18.3 Å². The summed E-state index contributed by atoms with van der Waals surface area (Å²) in [6, 6.07) is 7.89. The fourth-order valence-electron chi connectivity index (χ4n) is 1.70. The molecule has 0 aliphatic carbocycles. The van der Waals surface area contributed by atoms with Crippen LogP contribution >= 0.6 is 0 Å². The van der Waals surface area contributed by atoms with Crippen LogP contribution in [0.25, 0.3) is 0 Å². The van der Waals surface area contributed by atoms with Gasteiger partial charge in [0, 0.05) is 13.1 Å². The van der Waals surface area contributed by atoms with Gasteiger partial charge in [0.25, 0.3) is 0 Å². The molecule has 0 amide bonds. The third-order valence-corrected chi connectivity index (χ3v) is 2.76. The molecule has 4 heteroatoms. The van der Waals surface area contributed by atoms with Crippen LogP contribution in [0.15, 0.2) is 18.2 Å². The molecule has 1 N–H and O–H groups in total. The predicted octanol–water partition coefficient (Wildman–Crippen LogP) is 1.31. The van der Waals surface area contributed by atoms with Gasteiger partial charge < -0.3 is 9.84 Å². The zero-order chi connectivity index (χ0) is 13.4. The summed E-state index contributed by atoms with van der Waals surface area (Å²) in [5.74, 6) is 0. The van der Waals surface area contributed by atoms with Crippen molar-refractivity contribution in [2.24, 2.45) is 0 Å². The van der Waals surface area contributed by atoms with E-state index in [4.69, 9.17) is 15.1 Å².